The standard InChI is InChI=1S/C21H22Cl2N2OS/c1-5-10-25(19-11-15(22)7-6-13(19)2)21-24-20(14(3)27-21)17-9-8-16(26-4)12-18(17)23/h6-9,11-12H,5,10H2,1-4H3. The normalized spacial score (nSPS) is 10.9. The lowest BCUT2D eigenvalue weighted by Crippen LogP contribution is -2.18. The lowest BCUT2D eigenvalue weighted by molar-refractivity contribution is 0.415. The molecule has 0 unspecified atom stereocenters. The molecule has 3 rings (SSSR count). The molecule has 6 heteroatoms. The fraction of sp³-hybridized carbons (Fsp3) is 0.286. The predicted molar refractivity (Wildman–Crippen MR) is 117 cm³/mol. The number of hydrogen-bond donors (Lipinski definition) is 0. The zero-order valence-electron chi connectivity index (χ0n) is 15.8. The summed E-state index contributed by atoms with van der Waals surface area (Å²) in [6.07, 6.45) is 1.00. The number of thiazole rings is 1. The Bertz CT molecular complexity index is 955. The minimum Gasteiger partial charge on any atom is -0.497 e. The van der Waals surface area contributed by atoms with E-state index >= 15 is 0 Å². The molecule has 0 amide bonds. The minimum atomic E-state index is 0.635. The zero-order valence-corrected chi connectivity index (χ0v) is 18.2. The quantitative estimate of drug-likeness (QED) is 0.418. The molecule has 27 heavy (non-hydrogen) atoms. The number of benzene rings is 2. The summed E-state index contributed by atoms with van der Waals surface area (Å²) < 4.78 is 5.25. The summed E-state index contributed by atoms with van der Waals surface area (Å²) in [6.45, 7) is 7.20. The van der Waals surface area contributed by atoms with Crippen molar-refractivity contribution in [3.63, 3.8) is 0 Å². The Kier molecular flexibility index (Phi) is 6.30. The molecule has 0 aliphatic rings. The number of hydrogen-bond acceptors (Lipinski definition) is 4. The van der Waals surface area contributed by atoms with Gasteiger partial charge in [-0.2, -0.15) is 0 Å². The highest BCUT2D eigenvalue weighted by atomic mass is 35.5. The first-order valence-electron chi connectivity index (χ1n) is 8.79. The van der Waals surface area contributed by atoms with Gasteiger partial charge in [0.2, 0.25) is 0 Å². The Balaban J connectivity index is 2.06. The Labute approximate surface area is 174 Å². The highest BCUT2D eigenvalue weighted by molar-refractivity contribution is 7.16. The molecule has 0 N–H and O–H groups in total. The van der Waals surface area contributed by atoms with Crippen molar-refractivity contribution in [1.82, 2.24) is 4.98 Å². The maximum Gasteiger partial charge on any atom is 0.190 e. The smallest absolute Gasteiger partial charge is 0.190 e. The molecule has 0 radical (unpaired) electrons. The molecule has 0 spiro atoms. The van der Waals surface area contributed by atoms with Gasteiger partial charge >= 0.3 is 0 Å². The summed E-state index contributed by atoms with van der Waals surface area (Å²) in [5.74, 6) is 0.735. The molecule has 0 saturated carbocycles. The number of nitrogens with zero attached hydrogens (tertiary/aromatic N) is 2. The van der Waals surface area contributed by atoms with Gasteiger partial charge in [0.05, 0.1) is 17.8 Å². The number of rotatable bonds is 6. The van der Waals surface area contributed by atoms with E-state index < -0.39 is 0 Å². The van der Waals surface area contributed by atoms with Gasteiger partial charge in [0, 0.05) is 27.7 Å². The van der Waals surface area contributed by atoms with E-state index in [0.29, 0.717) is 5.02 Å². The molecule has 1 heterocycles. The van der Waals surface area contributed by atoms with Crippen molar-refractivity contribution in [1.29, 1.82) is 0 Å². The number of aromatic nitrogens is 1. The maximum atomic E-state index is 6.48. The van der Waals surface area contributed by atoms with Crippen molar-refractivity contribution in [2.24, 2.45) is 0 Å². The number of methoxy groups -OCH3 is 1. The Hall–Kier alpha value is -1.75. The number of ether oxygens (including phenoxy) is 1. The number of anilines is 2. The monoisotopic (exact) mass is 420 g/mol. The van der Waals surface area contributed by atoms with Crippen LogP contribution in [0, 0.1) is 13.8 Å². The van der Waals surface area contributed by atoms with Gasteiger partial charge in [-0.25, -0.2) is 4.98 Å². The van der Waals surface area contributed by atoms with Crippen molar-refractivity contribution < 1.29 is 4.74 Å². The summed E-state index contributed by atoms with van der Waals surface area (Å²) in [6, 6.07) is 11.7. The van der Waals surface area contributed by atoms with Crippen LogP contribution < -0.4 is 9.64 Å². The predicted octanol–water partition coefficient (Wildman–Crippen LogP) is 7.29. The maximum absolute atomic E-state index is 6.48. The molecule has 0 aliphatic carbocycles. The van der Waals surface area contributed by atoms with Crippen molar-refractivity contribution in [3.05, 3.63) is 56.9 Å². The summed E-state index contributed by atoms with van der Waals surface area (Å²) in [5, 5.41) is 2.31. The van der Waals surface area contributed by atoms with Gasteiger partial charge < -0.3 is 9.64 Å². The highest BCUT2D eigenvalue weighted by Gasteiger charge is 2.19. The molecule has 3 nitrogen and oxygen atoms in total. The molecule has 0 aliphatic heterocycles. The van der Waals surface area contributed by atoms with Crippen LogP contribution in [0.2, 0.25) is 10.0 Å². The van der Waals surface area contributed by atoms with E-state index in [2.05, 4.69) is 25.7 Å². The summed E-state index contributed by atoms with van der Waals surface area (Å²) in [4.78, 5) is 8.30. The first kappa shape index (κ1) is 20.0. The third-order valence-corrected chi connectivity index (χ3v) is 5.90. The molecule has 0 fully saturated rings. The van der Waals surface area contributed by atoms with E-state index in [0.717, 1.165) is 50.7 Å². The second-order valence-electron chi connectivity index (χ2n) is 6.33. The van der Waals surface area contributed by atoms with Crippen molar-refractivity contribution in [2.75, 3.05) is 18.6 Å². The van der Waals surface area contributed by atoms with Crippen LogP contribution in [0.5, 0.6) is 5.75 Å². The number of aryl methyl sites for hydroxylation is 2. The molecule has 142 valence electrons. The van der Waals surface area contributed by atoms with Crippen LogP contribution in [-0.2, 0) is 0 Å². The molecule has 2 aromatic carbocycles. The first-order valence-corrected chi connectivity index (χ1v) is 10.4. The van der Waals surface area contributed by atoms with Crippen molar-refractivity contribution >= 4 is 45.4 Å². The van der Waals surface area contributed by atoms with Crippen LogP contribution in [-0.4, -0.2) is 18.6 Å². The van der Waals surface area contributed by atoms with Gasteiger partial charge in [-0.15, -0.1) is 11.3 Å². The van der Waals surface area contributed by atoms with Gasteiger partial charge in [-0.3, -0.25) is 0 Å². The van der Waals surface area contributed by atoms with E-state index in [-0.39, 0.29) is 0 Å². The third-order valence-electron chi connectivity index (χ3n) is 4.36. The van der Waals surface area contributed by atoms with E-state index in [4.69, 9.17) is 32.9 Å². The van der Waals surface area contributed by atoms with E-state index in [1.54, 1.807) is 18.4 Å². The van der Waals surface area contributed by atoms with Crippen LogP contribution in [0.3, 0.4) is 0 Å². The van der Waals surface area contributed by atoms with E-state index in [1.807, 2.05) is 36.4 Å². The van der Waals surface area contributed by atoms with Gasteiger partial charge in [0.25, 0.3) is 0 Å². The van der Waals surface area contributed by atoms with Gasteiger partial charge in [-0.1, -0.05) is 36.2 Å². The SMILES string of the molecule is CCCN(c1nc(-c2ccc(OC)cc2Cl)c(C)s1)c1cc(Cl)ccc1C. The van der Waals surface area contributed by atoms with Crippen LogP contribution in [0.1, 0.15) is 23.8 Å². The fourth-order valence-corrected chi connectivity index (χ4v) is 4.37. The number of halogens is 2. The molecule has 0 bridgehead atoms. The van der Waals surface area contributed by atoms with Crippen molar-refractivity contribution in [3.8, 4) is 17.0 Å². The van der Waals surface area contributed by atoms with Crippen LogP contribution in [0.4, 0.5) is 10.8 Å². The first-order chi connectivity index (χ1) is 12.9. The van der Waals surface area contributed by atoms with Crippen LogP contribution >= 0.6 is 34.5 Å². The minimum absolute atomic E-state index is 0.635. The molecular formula is C21H22Cl2N2OS. The largest absolute Gasteiger partial charge is 0.497 e. The fourth-order valence-electron chi connectivity index (χ4n) is 2.98. The summed E-state index contributed by atoms with van der Waals surface area (Å²) >= 11 is 14.4. The summed E-state index contributed by atoms with van der Waals surface area (Å²) in [7, 11) is 1.63. The molecule has 3 aromatic rings. The third kappa shape index (κ3) is 4.23. The molecular weight excluding hydrogens is 399 g/mol. The Morgan fingerprint density at radius 3 is 2.56 bits per heavy atom. The van der Waals surface area contributed by atoms with E-state index in [1.165, 1.54) is 5.56 Å². The van der Waals surface area contributed by atoms with Gasteiger partial charge in [-0.05, 0) is 56.2 Å². The molecule has 1 aromatic heterocycles. The highest BCUT2D eigenvalue weighted by Crippen LogP contribution is 2.40. The average Bonchev–Trinajstić information content (AvgIpc) is 3.03. The zero-order chi connectivity index (χ0) is 19.6. The summed E-state index contributed by atoms with van der Waals surface area (Å²) in [5.41, 5.74) is 4.08. The second-order valence-corrected chi connectivity index (χ2v) is 8.35. The second kappa shape index (κ2) is 8.51. The van der Waals surface area contributed by atoms with Gasteiger partial charge in [0.15, 0.2) is 5.13 Å². The Morgan fingerprint density at radius 2 is 1.89 bits per heavy atom. The van der Waals surface area contributed by atoms with Crippen LogP contribution in [0.25, 0.3) is 11.3 Å². The molecule has 0 saturated heterocycles. The lowest BCUT2D eigenvalue weighted by atomic mass is 10.1. The lowest BCUT2D eigenvalue weighted by Gasteiger charge is -2.23. The van der Waals surface area contributed by atoms with Gasteiger partial charge in [0.1, 0.15) is 5.75 Å². The Morgan fingerprint density at radius 1 is 1.11 bits per heavy atom. The van der Waals surface area contributed by atoms with Crippen molar-refractivity contribution in [2.45, 2.75) is 27.2 Å². The topological polar surface area (TPSA) is 25.4 Å². The average molecular weight is 421 g/mol. The van der Waals surface area contributed by atoms with E-state index in [9.17, 15) is 0 Å². The molecule has 0 atom stereocenters. The van der Waals surface area contributed by atoms with Crippen LogP contribution in [0.15, 0.2) is 36.4 Å².